The molecule has 21 heavy (non-hydrogen) atoms. The zero-order valence-electron chi connectivity index (χ0n) is 13.6. The molecule has 114 valence electrons. The van der Waals surface area contributed by atoms with Gasteiger partial charge in [0.15, 0.2) is 0 Å². The van der Waals surface area contributed by atoms with Crippen molar-refractivity contribution in [3.05, 3.63) is 48.0 Å². The van der Waals surface area contributed by atoms with Gasteiger partial charge in [-0.05, 0) is 69.6 Å². The number of hydrogen-bond donors (Lipinski definition) is 2. The van der Waals surface area contributed by atoms with Gasteiger partial charge in [0, 0.05) is 5.54 Å². The van der Waals surface area contributed by atoms with Crippen LogP contribution in [-0.2, 0) is 6.42 Å². The molecule has 0 bridgehead atoms. The zero-order valence-corrected chi connectivity index (χ0v) is 13.6. The van der Waals surface area contributed by atoms with Gasteiger partial charge < -0.3 is 10.6 Å². The summed E-state index contributed by atoms with van der Waals surface area (Å²) in [6.07, 6.45) is 2.26. The summed E-state index contributed by atoms with van der Waals surface area (Å²) in [5, 5.41) is 9.78. The Bertz CT molecular complexity index is 549. The fourth-order valence-electron chi connectivity index (χ4n) is 2.54. The minimum absolute atomic E-state index is 0.225. The Kier molecular flexibility index (Phi) is 5.77. The second-order valence-corrected chi connectivity index (χ2v) is 6.67. The molecule has 0 aromatic heterocycles. The van der Waals surface area contributed by atoms with Crippen molar-refractivity contribution in [2.24, 2.45) is 0 Å². The SMILES string of the molecule is CC(C)(C)NCCCNCCc1cccc2ccccc12. The molecule has 0 saturated heterocycles. The first kappa shape index (κ1) is 16.0. The molecule has 2 aromatic carbocycles. The van der Waals surface area contributed by atoms with Gasteiger partial charge in [-0.2, -0.15) is 0 Å². The lowest BCUT2D eigenvalue weighted by Gasteiger charge is -2.20. The van der Waals surface area contributed by atoms with E-state index in [4.69, 9.17) is 0 Å². The molecule has 0 saturated carbocycles. The summed E-state index contributed by atoms with van der Waals surface area (Å²) < 4.78 is 0. The van der Waals surface area contributed by atoms with E-state index >= 15 is 0 Å². The van der Waals surface area contributed by atoms with E-state index in [9.17, 15) is 0 Å². The van der Waals surface area contributed by atoms with Crippen molar-refractivity contribution in [2.75, 3.05) is 19.6 Å². The van der Waals surface area contributed by atoms with Crippen molar-refractivity contribution in [3.63, 3.8) is 0 Å². The molecular formula is C19H28N2. The van der Waals surface area contributed by atoms with Crippen molar-refractivity contribution in [3.8, 4) is 0 Å². The first-order valence-electron chi connectivity index (χ1n) is 7.99. The van der Waals surface area contributed by atoms with E-state index in [2.05, 4.69) is 73.9 Å². The van der Waals surface area contributed by atoms with Crippen LogP contribution in [0.4, 0.5) is 0 Å². The summed E-state index contributed by atoms with van der Waals surface area (Å²) in [6, 6.07) is 15.2. The van der Waals surface area contributed by atoms with Gasteiger partial charge in [-0.25, -0.2) is 0 Å². The molecule has 0 aliphatic rings. The third-order valence-electron chi connectivity index (χ3n) is 3.64. The number of nitrogens with one attached hydrogen (secondary N) is 2. The van der Waals surface area contributed by atoms with E-state index in [0.717, 1.165) is 26.1 Å². The second kappa shape index (κ2) is 7.58. The lowest BCUT2D eigenvalue weighted by Crippen LogP contribution is -2.37. The number of benzene rings is 2. The quantitative estimate of drug-likeness (QED) is 0.757. The van der Waals surface area contributed by atoms with Crippen LogP contribution in [0.3, 0.4) is 0 Å². The summed E-state index contributed by atoms with van der Waals surface area (Å²) in [4.78, 5) is 0. The molecular weight excluding hydrogens is 256 g/mol. The molecule has 0 atom stereocenters. The second-order valence-electron chi connectivity index (χ2n) is 6.67. The maximum Gasteiger partial charge on any atom is 0.00965 e. The normalized spacial score (nSPS) is 12.0. The molecule has 0 amide bonds. The van der Waals surface area contributed by atoms with Gasteiger partial charge in [0.1, 0.15) is 0 Å². The monoisotopic (exact) mass is 284 g/mol. The topological polar surface area (TPSA) is 24.1 Å². The molecule has 0 spiro atoms. The number of rotatable bonds is 7. The average molecular weight is 284 g/mol. The lowest BCUT2D eigenvalue weighted by atomic mass is 10.0. The van der Waals surface area contributed by atoms with Crippen molar-refractivity contribution in [1.29, 1.82) is 0 Å². The molecule has 2 heteroatoms. The Hall–Kier alpha value is -1.38. The summed E-state index contributed by atoms with van der Waals surface area (Å²) >= 11 is 0. The van der Waals surface area contributed by atoms with Crippen molar-refractivity contribution in [2.45, 2.75) is 39.2 Å². The minimum Gasteiger partial charge on any atom is -0.316 e. The maximum atomic E-state index is 3.54. The molecule has 0 heterocycles. The zero-order chi connectivity index (χ0) is 15.1. The third kappa shape index (κ3) is 5.49. The van der Waals surface area contributed by atoms with E-state index in [1.807, 2.05) is 0 Å². The van der Waals surface area contributed by atoms with Crippen LogP contribution in [0.25, 0.3) is 10.8 Å². The molecule has 2 rings (SSSR count). The van der Waals surface area contributed by atoms with E-state index in [1.54, 1.807) is 0 Å². The van der Waals surface area contributed by atoms with Gasteiger partial charge >= 0.3 is 0 Å². The van der Waals surface area contributed by atoms with Crippen LogP contribution in [0.15, 0.2) is 42.5 Å². The smallest absolute Gasteiger partial charge is 0.00965 e. The summed E-state index contributed by atoms with van der Waals surface area (Å²) in [5.74, 6) is 0. The number of hydrogen-bond acceptors (Lipinski definition) is 2. The Morgan fingerprint density at radius 1 is 0.857 bits per heavy atom. The summed E-state index contributed by atoms with van der Waals surface area (Å²) in [7, 11) is 0. The summed E-state index contributed by atoms with van der Waals surface area (Å²) in [5.41, 5.74) is 1.66. The maximum absolute atomic E-state index is 3.54. The third-order valence-corrected chi connectivity index (χ3v) is 3.64. The number of fused-ring (bicyclic) bond motifs is 1. The van der Waals surface area contributed by atoms with Gasteiger partial charge in [0.25, 0.3) is 0 Å². The van der Waals surface area contributed by atoms with Gasteiger partial charge in [-0.3, -0.25) is 0 Å². The minimum atomic E-state index is 0.225. The van der Waals surface area contributed by atoms with Crippen molar-refractivity contribution in [1.82, 2.24) is 10.6 Å². The lowest BCUT2D eigenvalue weighted by molar-refractivity contribution is 0.419. The van der Waals surface area contributed by atoms with Crippen molar-refractivity contribution < 1.29 is 0 Å². The largest absolute Gasteiger partial charge is 0.316 e. The standard InChI is InChI=1S/C19H28N2/c1-19(2,3)21-14-7-13-20-15-12-17-10-6-9-16-8-4-5-11-18(16)17/h4-6,8-11,20-21H,7,12-15H2,1-3H3. The average Bonchev–Trinajstić information content (AvgIpc) is 2.45. The first-order valence-corrected chi connectivity index (χ1v) is 7.99. The fourth-order valence-corrected chi connectivity index (χ4v) is 2.54. The highest BCUT2D eigenvalue weighted by molar-refractivity contribution is 5.85. The van der Waals surface area contributed by atoms with Gasteiger partial charge in [-0.1, -0.05) is 42.5 Å². The Labute approximate surface area is 128 Å². The first-order chi connectivity index (χ1) is 10.1. The van der Waals surface area contributed by atoms with E-state index in [1.165, 1.54) is 22.8 Å². The molecule has 2 aromatic rings. The van der Waals surface area contributed by atoms with Gasteiger partial charge in [-0.15, -0.1) is 0 Å². The highest BCUT2D eigenvalue weighted by Crippen LogP contribution is 2.18. The Morgan fingerprint density at radius 2 is 1.62 bits per heavy atom. The van der Waals surface area contributed by atoms with Crippen LogP contribution in [-0.4, -0.2) is 25.2 Å². The molecule has 2 nitrogen and oxygen atoms in total. The molecule has 0 aliphatic heterocycles. The van der Waals surface area contributed by atoms with Crippen LogP contribution in [0, 0.1) is 0 Å². The van der Waals surface area contributed by atoms with Crippen LogP contribution in [0.5, 0.6) is 0 Å². The van der Waals surface area contributed by atoms with Crippen LogP contribution < -0.4 is 10.6 Å². The van der Waals surface area contributed by atoms with Gasteiger partial charge in [0.2, 0.25) is 0 Å². The predicted octanol–water partition coefficient (Wildman–Crippen LogP) is 3.75. The van der Waals surface area contributed by atoms with E-state index < -0.39 is 0 Å². The Morgan fingerprint density at radius 3 is 2.43 bits per heavy atom. The molecule has 0 fully saturated rings. The van der Waals surface area contributed by atoms with Crippen LogP contribution in [0.1, 0.15) is 32.8 Å². The van der Waals surface area contributed by atoms with Gasteiger partial charge in [0.05, 0.1) is 0 Å². The van der Waals surface area contributed by atoms with E-state index in [-0.39, 0.29) is 5.54 Å². The highest BCUT2D eigenvalue weighted by Gasteiger charge is 2.06. The predicted molar refractivity (Wildman–Crippen MR) is 92.9 cm³/mol. The highest BCUT2D eigenvalue weighted by atomic mass is 14.9. The Balaban J connectivity index is 1.71. The van der Waals surface area contributed by atoms with Crippen LogP contribution in [0.2, 0.25) is 0 Å². The van der Waals surface area contributed by atoms with Crippen molar-refractivity contribution >= 4 is 10.8 Å². The fraction of sp³-hybridized carbons (Fsp3) is 0.474. The molecule has 0 unspecified atom stereocenters. The van der Waals surface area contributed by atoms with Crippen LogP contribution >= 0.6 is 0 Å². The molecule has 2 N–H and O–H groups in total. The summed E-state index contributed by atoms with van der Waals surface area (Å²) in [6.45, 7) is 9.82. The van der Waals surface area contributed by atoms with E-state index in [0.29, 0.717) is 0 Å². The molecule has 0 aliphatic carbocycles. The molecule has 0 radical (unpaired) electrons.